The van der Waals surface area contributed by atoms with Gasteiger partial charge in [-0.1, -0.05) is 23.2 Å². The van der Waals surface area contributed by atoms with Crippen molar-refractivity contribution in [2.45, 2.75) is 19.3 Å². The van der Waals surface area contributed by atoms with Crippen molar-refractivity contribution in [2.24, 2.45) is 11.8 Å². The minimum Gasteiger partial charge on any atom is -0.469 e. The van der Waals surface area contributed by atoms with Crippen LogP contribution < -0.4 is 0 Å². The fraction of sp³-hybridized carbons (Fsp3) is 0.462. The van der Waals surface area contributed by atoms with Crippen molar-refractivity contribution in [2.75, 3.05) is 7.11 Å². The van der Waals surface area contributed by atoms with Gasteiger partial charge in [0.25, 0.3) is 0 Å². The fourth-order valence-electron chi connectivity index (χ4n) is 2.11. The average molecular weight is 273 g/mol. The highest BCUT2D eigenvalue weighted by Crippen LogP contribution is 2.42. The molecule has 17 heavy (non-hydrogen) atoms. The molecule has 0 amide bonds. The predicted octanol–water partition coefficient (Wildman–Crippen LogP) is 3.74. The smallest absolute Gasteiger partial charge is 0.308 e. The summed E-state index contributed by atoms with van der Waals surface area (Å²) in [6.45, 7) is 0. The van der Waals surface area contributed by atoms with Crippen LogP contribution in [0.1, 0.15) is 18.4 Å². The number of hydrogen-bond donors (Lipinski definition) is 0. The number of methoxy groups -OCH3 is 1. The van der Waals surface area contributed by atoms with E-state index in [1.165, 1.54) is 7.11 Å². The van der Waals surface area contributed by atoms with Crippen LogP contribution in [-0.2, 0) is 16.0 Å². The molecule has 2 rings (SSSR count). The van der Waals surface area contributed by atoms with Crippen LogP contribution in [0.5, 0.6) is 0 Å². The Morgan fingerprint density at radius 3 is 2.59 bits per heavy atom. The third-order valence-corrected chi connectivity index (χ3v) is 3.59. The highest BCUT2D eigenvalue weighted by atomic mass is 35.5. The second-order valence-corrected chi connectivity index (χ2v) is 5.31. The van der Waals surface area contributed by atoms with Gasteiger partial charge in [0, 0.05) is 10.0 Å². The van der Waals surface area contributed by atoms with E-state index in [-0.39, 0.29) is 11.9 Å². The highest BCUT2D eigenvalue weighted by molar-refractivity contribution is 6.34. The van der Waals surface area contributed by atoms with Crippen molar-refractivity contribution in [3.8, 4) is 0 Å². The van der Waals surface area contributed by atoms with Gasteiger partial charge in [0.1, 0.15) is 0 Å². The van der Waals surface area contributed by atoms with E-state index in [2.05, 4.69) is 0 Å². The molecule has 1 aliphatic rings. The van der Waals surface area contributed by atoms with Crippen molar-refractivity contribution in [3.05, 3.63) is 33.8 Å². The Bertz CT molecular complexity index is 411. The first-order valence-corrected chi connectivity index (χ1v) is 6.38. The summed E-state index contributed by atoms with van der Waals surface area (Å²) in [4.78, 5) is 11.2. The van der Waals surface area contributed by atoms with E-state index in [0.29, 0.717) is 16.0 Å². The Hall–Kier alpha value is -0.730. The average Bonchev–Trinajstić information content (AvgIpc) is 3.03. The zero-order valence-corrected chi connectivity index (χ0v) is 11.1. The van der Waals surface area contributed by atoms with E-state index in [1.807, 2.05) is 12.1 Å². The Morgan fingerprint density at radius 2 is 2.00 bits per heavy atom. The van der Waals surface area contributed by atoms with Gasteiger partial charge in [0.15, 0.2) is 0 Å². The Kier molecular flexibility index (Phi) is 3.95. The Labute approximate surface area is 111 Å². The zero-order chi connectivity index (χ0) is 12.4. The van der Waals surface area contributed by atoms with Crippen molar-refractivity contribution >= 4 is 29.2 Å². The zero-order valence-electron chi connectivity index (χ0n) is 9.58. The second-order valence-electron chi connectivity index (χ2n) is 4.44. The minimum absolute atomic E-state index is 0.0841. The molecule has 1 aromatic rings. The first-order chi connectivity index (χ1) is 8.10. The Balaban J connectivity index is 1.85. The van der Waals surface area contributed by atoms with Crippen LogP contribution in [0.25, 0.3) is 0 Å². The van der Waals surface area contributed by atoms with Crippen molar-refractivity contribution in [1.29, 1.82) is 0 Å². The molecule has 0 aliphatic heterocycles. The molecule has 1 aromatic carbocycles. The molecule has 0 radical (unpaired) electrons. The van der Waals surface area contributed by atoms with E-state index in [9.17, 15) is 4.79 Å². The van der Waals surface area contributed by atoms with Crippen LogP contribution in [0.15, 0.2) is 18.2 Å². The summed E-state index contributed by atoms with van der Waals surface area (Å²) >= 11 is 11.8. The molecule has 0 bridgehead atoms. The minimum atomic E-state index is -0.0841. The van der Waals surface area contributed by atoms with E-state index in [4.69, 9.17) is 27.9 Å². The molecule has 0 heterocycles. The summed E-state index contributed by atoms with van der Waals surface area (Å²) in [7, 11) is 1.44. The van der Waals surface area contributed by atoms with Crippen LogP contribution in [0.2, 0.25) is 10.0 Å². The maximum Gasteiger partial charge on any atom is 0.308 e. The molecule has 2 unspecified atom stereocenters. The molecule has 92 valence electrons. The van der Waals surface area contributed by atoms with Gasteiger partial charge < -0.3 is 4.74 Å². The maximum absolute atomic E-state index is 11.2. The van der Waals surface area contributed by atoms with E-state index in [1.54, 1.807) is 6.07 Å². The first kappa shape index (κ1) is 12.7. The number of carbonyl (C=O) groups is 1. The molecule has 4 heteroatoms. The number of rotatable bonds is 4. The normalized spacial score (nSPS) is 22.3. The van der Waals surface area contributed by atoms with Crippen LogP contribution in [0.4, 0.5) is 0 Å². The summed E-state index contributed by atoms with van der Waals surface area (Å²) in [5, 5.41) is 1.32. The topological polar surface area (TPSA) is 26.3 Å². The van der Waals surface area contributed by atoms with E-state index < -0.39 is 0 Å². The molecule has 2 nitrogen and oxygen atoms in total. The largest absolute Gasteiger partial charge is 0.469 e. The molecule has 0 spiro atoms. The number of benzene rings is 1. The van der Waals surface area contributed by atoms with E-state index >= 15 is 0 Å². The third kappa shape index (κ3) is 3.36. The molecule has 1 fully saturated rings. The number of carbonyl (C=O) groups excluding carboxylic acids is 1. The van der Waals surface area contributed by atoms with Gasteiger partial charge >= 0.3 is 5.97 Å². The molecule has 2 atom stereocenters. The third-order valence-electron chi connectivity index (χ3n) is 3.15. The number of hydrogen-bond acceptors (Lipinski definition) is 2. The SMILES string of the molecule is COC(=O)C1CC1CCc1cc(Cl)cc(Cl)c1. The van der Waals surface area contributed by atoms with Gasteiger partial charge in [-0.15, -0.1) is 0 Å². The van der Waals surface area contributed by atoms with Crippen LogP contribution in [0.3, 0.4) is 0 Å². The van der Waals surface area contributed by atoms with Crippen molar-refractivity contribution in [1.82, 2.24) is 0 Å². The molecule has 1 saturated carbocycles. The highest BCUT2D eigenvalue weighted by Gasteiger charge is 2.43. The summed E-state index contributed by atoms with van der Waals surface area (Å²) in [6.07, 6.45) is 2.83. The summed E-state index contributed by atoms with van der Waals surface area (Å²) in [5.74, 6) is 0.481. The number of ether oxygens (including phenoxy) is 1. The van der Waals surface area contributed by atoms with Gasteiger partial charge in [0.05, 0.1) is 13.0 Å². The lowest BCUT2D eigenvalue weighted by Gasteiger charge is -2.03. The van der Waals surface area contributed by atoms with Crippen molar-refractivity contribution in [3.63, 3.8) is 0 Å². The quantitative estimate of drug-likeness (QED) is 0.781. The number of halogens is 2. The van der Waals surface area contributed by atoms with Crippen LogP contribution in [0, 0.1) is 11.8 Å². The molecule has 0 N–H and O–H groups in total. The molecule has 1 aliphatic carbocycles. The molecular formula is C13H14Cl2O2. The standard InChI is InChI=1S/C13H14Cl2O2/c1-17-13(16)12-6-9(12)3-2-8-4-10(14)7-11(15)5-8/h4-5,7,9,12H,2-3,6H2,1H3. The number of aryl methyl sites for hydroxylation is 1. The van der Waals surface area contributed by atoms with Crippen LogP contribution >= 0.6 is 23.2 Å². The predicted molar refractivity (Wildman–Crippen MR) is 68.4 cm³/mol. The number of esters is 1. The van der Waals surface area contributed by atoms with Crippen LogP contribution in [-0.4, -0.2) is 13.1 Å². The lowest BCUT2D eigenvalue weighted by molar-refractivity contribution is -0.142. The summed E-state index contributed by atoms with van der Waals surface area (Å²) < 4.78 is 4.71. The van der Waals surface area contributed by atoms with Gasteiger partial charge in [-0.25, -0.2) is 0 Å². The van der Waals surface area contributed by atoms with Gasteiger partial charge in [-0.2, -0.15) is 0 Å². The van der Waals surface area contributed by atoms with Gasteiger partial charge in [0.2, 0.25) is 0 Å². The van der Waals surface area contributed by atoms with E-state index in [0.717, 1.165) is 24.8 Å². The molecular weight excluding hydrogens is 259 g/mol. The fourth-order valence-corrected chi connectivity index (χ4v) is 2.69. The van der Waals surface area contributed by atoms with Gasteiger partial charge in [-0.05, 0) is 48.9 Å². The van der Waals surface area contributed by atoms with Crippen molar-refractivity contribution < 1.29 is 9.53 Å². The Morgan fingerprint density at radius 1 is 1.35 bits per heavy atom. The molecule has 0 saturated heterocycles. The monoisotopic (exact) mass is 272 g/mol. The lowest BCUT2D eigenvalue weighted by Crippen LogP contribution is -2.04. The second kappa shape index (κ2) is 5.28. The maximum atomic E-state index is 11.2. The summed E-state index contributed by atoms with van der Waals surface area (Å²) in [5.41, 5.74) is 1.12. The first-order valence-electron chi connectivity index (χ1n) is 5.63. The lowest BCUT2D eigenvalue weighted by atomic mass is 10.1. The summed E-state index contributed by atoms with van der Waals surface area (Å²) in [6, 6.07) is 5.56. The molecule has 0 aromatic heterocycles. The van der Waals surface area contributed by atoms with Gasteiger partial charge in [-0.3, -0.25) is 4.79 Å².